The molecular formula is C18H18N2O7S3. The first-order chi connectivity index (χ1) is 14.0. The minimum atomic E-state index is -4.10. The third-order valence-electron chi connectivity index (χ3n) is 4.15. The molecule has 1 aromatic heterocycles. The highest BCUT2D eigenvalue weighted by Gasteiger charge is 2.18. The van der Waals surface area contributed by atoms with Gasteiger partial charge >= 0.3 is 5.97 Å². The van der Waals surface area contributed by atoms with Gasteiger partial charge in [0.25, 0.3) is 10.0 Å². The van der Waals surface area contributed by atoms with Gasteiger partial charge in [0, 0.05) is 6.26 Å². The molecule has 30 heavy (non-hydrogen) atoms. The first-order valence-corrected chi connectivity index (χ1v) is 12.6. The van der Waals surface area contributed by atoms with E-state index in [4.69, 9.17) is 4.74 Å². The van der Waals surface area contributed by atoms with Gasteiger partial charge < -0.3 is 14.0 Å². The van der Waals surface area contributed by atoms with Crippen molar-refractivity contribution >= 4 is 47.4 Å². The zero-order valence-electron chi connectivity index (χ0n) is 16.2. The summed E-state index contributed by atoms with van der Waals surface area (Å²) in [7, 11) is -4.89. The number of fused-ring (bicyclic) bond motifs is 1. The lowest BCUT2D eigenvalue weighted by Crippen LogP contribution is -2.22. The number of thiazole rings is 1. The average Bonchev–Trinajstić information content (AvgIpc) is 3.02. The number of benzene rings is 2. The Balaban J connectivity index is 2.23. The van der Waals surface area contributed by atoms with E-state index in [1.54, 1.807) is 0 Å². The maximum absolute atomic E-state index is 12.8. The van der Waals surface area contributed by atoms with Crippen molar-refractivity contribution in [2.24, 2.45) is 4.40 Å². The quantitative estimate of drug-likeness (QED) is 0.501. The van der Waals surface area contributed by atoms with Crippen LogP contribution in [0.3, 0.4) is 0 Å². The fourth-order valence-electron chi connectivity index (χ4n) is 2.60. The highest BCUT2D eigenvalue weighted by Crippen LogP contribution is 2.23. The van der Waals surface area contributed by atoms with E-state index in [-0.39, 0.29) is 21.1 Å². The number of rotatable bonds is 6. The van der Waals surface area contributed by atoms with E-state index in [9.17, 15) is 21.6 Å². The molecule has 0 amide bonds. The molecule has 0 aliphatic carbocycles. The number of aromatic nitrogens is 1. The smallest absolute Gasteiger partial charge is 0.325 e. The molecule has 0 aliphatic heterocycles. The standard InChI is InChI=1S/C18H18N2O7S3/c1-26-12-4-6-13(7-5-12)30(24,25)19-18-20(11-17(21)27-2)15-9-8-14(29(3,22)23)10-16(15)28-18/h4-10H,11H2,1-3H3/b19-18-. The Morgan fingerprint density at radius 1 is 1.03 bits per heavy atom. The number of ether oxygens (including phenoxy) is 2. The summed E-state index contributed by atoms with van der Waals surface area (Å²) in [6, 6.07) is 10.0. The number of esters is 1. The molecule has 0 aliphatic rings. The number of hydrogen-bond donors (Lipinski definition) is 0. The van der Waals surface area contributed by atoms with Gasteiger partial charge in [0.15, 0.2) is 9.84 Å². The van der Waals surface area contributed by atoms with Crippen LogP contribution in [-0.2, 0) is 35.9 Å². The summed E-state index contributed by atoms with van der Waals surface area (Å²) in [5.41, 5.74) is 0.460. The normalized spacial score (nSPS) is 12.8. The van der Waals surface area contributed by atoms with Crippen molar-refractivity contribution in [1.82, 2.24) is 4.57 Å². The molecule has 0 saturated heterocycles. The minimum absolute atomic E-state index is 0.0110. The molecule has 2 aromatic carbocycles. The Bertz CT molecular complexity index is 1380. The van der Waals surface area contributed by atoms with Gasteiger partial charge in [-0.15, -0.1) is 4.40 Å². The van der Waals surface area contributed by atoms with E-state index in [2.05, 4.69) is 9.13 Å². The molecule has 0 radical (unpaired) electrons. The van der Waals surface area contributed by atoms with Crippen LogP contribution < -0.4 is 9.54 Å². The molecule has 3 aromatic rings. The molecule has 0 N–H and O–H groups in total. The van der Waals surface area contributed by atoms with E-state index in [0.29, 0.717) is 16.0 Å². The van der Waals surface area contributed by atoms with E-state index in [1.807, 2.05) is 0 Å². The molecule has 12 heteroatoms. The zero-order chi connectivity index (χ0) is 22.1. The van der Waals surface area contributed by atoms with Crippen LogP contribution in [0.25, 0.3) is 10.2 Å². The molecular weight excluding hydrogens is 452 g/mol. The minimum Gasteiger partial charge on any atom is -0.497 e. The topological polar surface area (TPSA) is 121 Å². The highest BCUT2D eigenvalue weighted by molar-refractivity contribution is 7.90. The van der Waals surface area contributed by atoms with E-state index in [0.717, 1.165) is 17.6 Å². The van der Waals surface area contributed by atoms with Crippen molar-refractivity contribution in [2.45, 2.75) is 16.3 Å². The first kappa shape index (κ1) is 22.0. The number of hydrogen-bond acceptors (Lipinski definition) is 8. The number of carbonyl (C=O) groups is 1. The van der Waals surface area contributed by atoms with Gasteiger partial charge in [0.1, 0.15) is 12.3 Å². The van der Waals surface area contributed by atoms with Crippen LogP contribution in [0.15, 0.2) is 56.7 Å². The molecule has 9 nitrogen and oxygen atoms in total. The van der Waals surface area contributed by atoms with Crippen LogP contribution in [0.5, 0.6) is 5.75 Å². The van der Waals surface area contributed by atoms with Gasteiger partial charge in [0.2, 0.25) is 4.80 Å². The molecule has 0 saturated carbocycles. The van der Waals surface area contributed by atoms with Gasteiger partial charge in [0.05, 0.1) is 34.2 Å². The van der Waals surface area contributed by atoms with Crippen LogP contribution in [0.4, 0.5) is 0 Å². The molecule has 0 spiro atoms. The summed E-state index contributed by atoms with van der Waals surface area (Å²) in [5, 5.41) is 0. The third kappa shape index (κ3) is 4.55. The molecule has 1 heterocycles. The van der Waals surface area contributed by atoms with Crippen LogP contribution in [-0.4, -0.2) is 47.8 Å². The molecule has 0 unspecified atom stereocenters. The van der Waals surface area contributed by atoms with E-state index >= 15 is 0 Å². The lowest BCUT2D eigenvalue weighted by molar-refractivity contribution is -0.141. The fourth-order valence-corrected chi connectivity index (χ4v) is 5.60. The average molecular weight is 471 g/mol. The summed E-state index contributed by atoms with van der Waals surface area (Å²) in [4.78, 5) is 11.9. The van der Waals surface area contributed by atoms with Crippen molar-refractivity contribution in [3.8, 4) is 5.75 Å². The number of carbonyl (C=O) groups excluding carboxylic acids is 1. The summed E-state index contributed by atoms with van der Waals surface area (Å²) in [6.45, 7) is -0.286. The van der Waals surface area contributed by atoms with E-state index in [1.165, 1.54) is 61.3 Å². The van der Waals surface area contributed by atoms with Gasteiger partial charge in [-0.3, -0.25) is 4.79 Å². The lowest BCUT2D eigenvalue weighted by atomic mass is 10.3. The number of sulfonamides is 1. The van der Waals surface area contributed by atoms with Crippen molar-refractivity contribution in [3.63, 3.8) is 0 Å². The maximum atomic E-state index is 12.8. The summed E-state index contributed by atoms with van der Waals surface area (Å²) in [6.07, 6.45) is 1.07. The van der Waals surface area contributed by atoms with Crippen LogP contribution in [0, 0.1) is 0 Å². The Kier molecular flexibility index (Phi) is 6.01. The Morgan fingerprint density at radius 2 is 1.67 bits per heavy atom. The van der Waals surface area contributed by atoms with Gasteiger partial charge in [-0.05, 0) is 42.5 Å². The molecule has 0 atom stereocenters. The predicted octanol–water partition coefficient (Wildman–Crippen LogP) is 1.58. The zero-order valence-corrected chi connectivity index (χ0v) is 18.7. The fraction of sp³-hybridized carbons (Fsp3) is 0.222. The molecule has 0 bridgehead atoms. The number of nitrogens with zero attached hydrogens (tertiary/aromatic N) is 2. The van der Waals surface area contributed by atoms with E-state index < -0.39 is 25.8 Å². The van der Waals surface area contributed by atoms with Crippen molar-refractivity contribution in [1.29, 1.82) is 0 Å². The van der Waals surface area contributed by atoms with Gasteiger partial charge in [-0.2, -0.15) is 8.42 Å². The highest BCUT2D eigenvalue weighted by atomic mass is 32.2. The van der Waals surface area contributed by atoms with Crippen molar-refractivity contribution in [2.75, 3.05) is 20.5 Å². The van der Waals surface area contributed by atoms with Crippen molar-refractivity contribution in [3.05, 3.63) is 47.3 Å². The van der Waals surface area contributed by atoms with Gasteiger partial charge in [-0.1, -0.05) is 11.3 Å². The summed E-state index contributed by atoms with van der Waals surface area (Å²) >= 11 is 0.956. The monoisotopic (exact) mass is 470 g/mol. The second-order valence-electron chi connectivity index (χ2n) is 6.19. The number of methoxy groups -OCH3 is 2. The van der Waals surface area contributed by atoms with Crippen LogP contribution >= 0.6 is 11.3 Å². The molecule has 160 valence electrons. The second kappa shape index (κ2) is 8.20. The summed E-state index contributed by atoms with van der Waals surface area (Å²) in [5.74, 6) is -0.116. The second-order valence-corrected chi connectivity index (χ2v) is 10.8. The SMILES string of the molecule is COC(=O)Cn1/c(=N/S(=O)(=O)c2ccc(OC)cc2)sc2cc(S(C)(=O)=O)ccc21. The Labute approximate surface area is 177 Å². The predicted molar refractivity (Wildman–Crippen MR) is 111 cm³/mol. The Hall–Kier alpha value is -2.70. The molecule has 0 fully saturated rings. The Morgan fingerprint density at radius 3 is 2.23 bits per heavy atom. The van der Waals surface area contributed by atoms with Crippen molar-refractivity contribution < 1.29 is 31.1 Å². The lowest BCUT2D eigenvalue weighted by Gasteiger charge is -2.05. The third-order valence-corrected chi connectivity index (χ3v) is 7.70. The largest absolute Gasteiger partial charge is 0.497 e. The van der Waals surface area contributed by atoms with Crippen LogP contribution in [0.1, 0.15) is 0 Å². The summed E-state index contributed by atoms with van der Waals surface area (Å²) < 4.78 is 64.7. The first-order valence-electron chi connectivity index (χ1n) is 8.40. The van der Waals surface area contributed by atoms with Gasteiger partial charge in [-0.25, -0.2) is 8.42 Å². The molecule has 3 rings (SSSR count). The number of sulfone groups is 1. The maximum Gasteiger partial charge on any atom is 0.325 e. The van der Waals surface area contributed by atoms with Crippen LogP contribution in [0.2, 0.25) is 0 Å².